The molecule has 2 nitrogen and oxygen atoms in total. The first kappa shape index (κ1) is 14.5. The largest absolute Gasteiger partial charge is 0.375 e. The summed E-state index contributed by atoms with van der Waals surface area (Å²) >= 11 is 1.96. The standard InChI is InChI=1S/C18H22N2S/c1-20(15-8-3-2-4-9-15)13-7-12-19-17-14-21-18-11-6-5-10-16(17)18/h2-6,8-11,17,19H,7,12-14H2,1H3. The number of hydrogen-bond acceptors (Lipinski definition) is 3. The normalized spacial score (nSPS) is 16.7. The van der Waals surface area contributed by atoms with E-state index in [1.54, 1.807) is 0 Å². The minimum absolute atomic E-state index is 0.522. The third kappa shape index (κ3) is 3.60. The van der Waals surface area contributed by atoms with Crippen LogP contribution in [-0.2, 0) is 0 Å². The minimum atomic E-state index is 0.522. The molecule has 0 saturated heterocycles. The molecule has 1 heterocycles. The quantitative estimate of drug-likeness (QED) is 0.813. The van der Waals surface area contributed by atoms with Crippen LogP contribution in [0.1, 0.15) is 18.0 Å². The molecule has 3 heteroatoms. The summed E-state index contributed by atoms with van der Waals surface area (Å²) in [4.78, 5) is 3.76. The van der Waals surface area contributed by atoms with Crippen molar-refractivity contribution in [2.45, 2.75) is 17.4 Å². The topological polar surface area (TPSA) is 15.3 Å². The fourth-order valence-electron chi connectivity index (χ4n) is 2.74. The molecule has 21 heavy (non-hydrogen) atoms. The van der Waals surface area contributed by atoms with Crippen molar-refractivity contribution in [3.8, 4) is 0 Å². The van der Waals surface area contributed by atoms with Gasteiger partial charge in [-0.3, -0.25) is 0 Å². The lowest BCUT2D eigenvalue weighted by Gasteiger charge is -2.20. The van der Waals surface area contributed by atoms with Gasteiger partial charge in [-0.2, -0.15) is 0 Å². The second-order valence-corrected chi connectivity index (χ2v) is 6.53. The van der Waals surface area contributed by atoms with E-state index < -0.39 is 0 Å². The third-order valence-corrected chi connectivity index (χ3v) is 5.14. The highest BCUT2D eigenvalue weighted by Crippen LogP contribution is 2.37. The van der Waals surface area contributed by atoms with E-state index in [1.165, 1.54) is 16.1 Å². The van der Waals surface area contributed by atoms with Crippen molar-refractivity contribution in [2.75, 3.05) is 30.8 Å². The van der Waals surface area contributed by atoms with E-state index in [1.807, 2.05) is 11.8 Å². The number of nitrogens with one attached hydrogen (secondary N) is 1. The zero-order chi connectivity index (χ0) is 14.5. The van der Waals surface area contributed by atoms with Crippen molar-refractivity contribution in [3.05, 3.63) is 60.2 Å². The molecule has 1 unspecified atom stereocenters. The van der Waals surface area contributed by atoms with E-state index in [9.17, 15) is 0 Å². The molecule has 0 amide bonds. The average Bonchev–Trinajstić information content (AvgIpc) is 2.95. The Morgan fingerprint density at radius 3 is 2.71 bits per heavy atom. The molecular weight excluding hydrogens is 276 g/mol. The molecule has 0 radical (unpaired) electrons. The highest BCUT2D eigenvalue weighted by molar-refractivity contribution is 7.99. The molecule has 3 rings (SSSR count). The van der Waals surface area contributed by atoms with Crippen LogP contribution in [0, 0.1) is 0 Å². The van der Waals surface area contributed by atoms with Crippen LogP contribution in [0.5, 0.6) is 0 Å². The second-order valence-electron chi connectivity index (χ2n) is 5.47. The van der Waals surface area contributed by atoms with Gasteiger partial charge in [0.15, 0.2) is 0 Å². The Bertz CT molecular complexity index is 570. The van der Waals surface area contributed by atoms with Gasteiger partial charge in [-0.25, -0.2) is 0 Å². The number of hydrogen-bond donors (Lipinski definition) is 1. The Morgan fingerprint density at radius 2 is 1.86 bits per heavy atom. The lowest BCUT2D eigenvalue weighted by Crippen LogP contribution is -2.26. The van der Waals surface area contributed by atoms with Crippen molar-refractivity contribution in [3.63, 3.8) is 0 Å². The average molecular weight is 298 g/mol. The molecule has 0 fully saturated rings. The van der Waals surface area contributed by atoms with Crippen LogP contribution in [0.25, 0.3) is 0 Å². The van der Waals surface area contributed by atoms with E-state index in [0.717, 1.165) is 25.3 Å². The van der Waals surface area contributed by atoms with Gasteiger partial charge in [0, 0.05) is 36.0 Å². The number of nitrogens with zero attached hydrogens (tertiary/aromatic N) is 1. The maximum atomic E-state index is 3.70. The van der Waals surface area contributed by atoms with Crippen molar-refractivity contribution >= 4 is 17.4 Å². The van der Waals surface area contributed by atoms with Crippen molar-refractivity contribution < 1.29 is 0 Å². The number of thioether (sulfide) groups is 1. The first-order chi connectivity index (χ1) is 10.3. The summed E-state index contributed by atoms with van der Waals surface area (Å²) in [5.41, 5.74) is 2.76. The summed E-state index contributed by atoms with van der Waals surface area (Å²) in [6, 6.07) is 19.9. The van der Waals surface area contributed by atoms with E-state index in [4.69, 9.17) is 0 Å². The molecule has 2 aromatic carbocycles. The second kappa shape index (κ2) is 7.01. The predicted molar refractivity (Wildman–Crippen MR) is 92.2 cm³/mol. The molecule has 0 spiro atoms. The van der Waals surface area contributed by atoms with Gasteiger partial charge in [-0.1, -0.05) is 36.4 Å². The first-order valence-electron chi connectivity index (χ1n) is 7.56. The van der Waals surface area contributed by atoms with E-state index >= 15 is 0 Å². The summed E-state index contributed by atoms with van der Waals surface area (Å²) < 4.78 is 0. The van der Waals surface area contributed by atoms with Gasteiger partial charge in [-0.15, -0.1) is 11.8 Å². The summed E-state index contributed by atoms with van der Waals surface area (Å²) in [6.07, 6.45) is 1.16. The Morgan fingerprint density at radius 1 is 1.10 bits per heavy atom. The number of fused-ring (bicyclic) bond motifs is 1. The van der Waals surface area contributed by atoms with E-state index in [-0.39, 0.29) is 0 Å². The molecule has 0 saturated carbocycles. The monoisotopic (exact) mass is 298 g/mol. The van der Waals surface area contributed by atoms with Gasteiger partial charge >= 0.3 is 0 Å². The fourth-order valence-corrected chi connectivity index (χ4v) is 3.93. The number of anilines is 1. The van der Waals surface area contributed by atoms with Crippen molar-refractivity contribution in [1.29, 1.82) is 0 Å². The molecule has 1 N–H and O–H groups in total. The first-order valence-corrected chi connectivity index (χ1v) is 8.54. The Hall–Kier alpha value is -1.45. The summed E-state index contributed by atoms with van der Waals surface area (Å²) in [6.45, 7) is 2.15. The third-order valence-electron chi connectivity index (χ3n) is 3.96. The Labute approximate surface area is 131 Å². The maximum Gasteiger partial charge on any atom is 0.0426 e. The molecule has 1 aliphatic rings. The zero-order valence-electron chi connectivity index (χ0n) is 12.5. The molecule has 110 valence electrons. The maximum absolute atomic E-state index is 3.70. The lowest BCUT2D eigenvalue weighted by molar-refractivity contribution is 0.566. The number of benzene rings is 2. The smallest absolute Gasteiger partial charge is 0.0426 e. The van der Waals surface area contributed by atoms with Crippen LogP contribution in [0.4, 0.5) is 5.69 Å². The van der Waals surface area contributed by atoms with Crippen LogP contribution in [-0.4, -0.2) is 25.9 Å². The van der Waals surface area contributed by atoms with Crippen LogP contribution in [0.3, 0.4) is 0 Å². The molecule has 0 bridgehead atoms. The molecule has 1 atom stereocenters. The lowest BCUT2D eigenvalue weighted by atomic mass is 10.1. The highest BCUT2D eigenvalue weighted by Gasteiger charge is 2.21. The van der Waals surface area contributed by atoms with Gasteiger partial charge < -0.3 is 10.2 Å². The van der Waals surface area contributed by atoms with Gasteiger partial charge in [0.2, 0.25) is 0 Å². The van der Waals surface area contributed by atoms with Crippen LogP contribution >= 0.6 is 11.8 Å². The summed E-state index contributed by atoms with van der Waals surface area (Å²) in [7, 11) is 2.16. The van der Waals surface area contributed by atoms with Crippen molar-refractivity contribution in [1.82, 2.24) is 5.32 Å². The minimum Gasteiger partial charge on any atom is -0.375 e. The van der Waals surface area contributed by atoms with E-state index in [0.29, 0.717) is 6.04 Å². The van der Waals surface area contributed by atoms with Crippen molar-refractivity contribution in [2.24, 2.45) is 0 Å². The van der Waals surface area contributed by atoms with Crippen LogP contribution < -0.4 is 10.2 Å². The summed E-state index contributed by atoms with van der Waals surface area (Å²) in [5, 5.41) is 3.70. The predicted octanol–water partition coefficient (Wildman–Crippen LogP) is 3.95. The highest BCUT2D eigenvalue weighted by atomic mass is 32.2. The molecule has 0 aromatic heterocycles. The SMILES string of the molecule is CN(CCCNC1CSc2ccccc21)c1ccccc1. The number of rotatable bonds is 6. The number of para-hydroxylation sites is 1. The molecule has 2 aromatic rings. The zero-order valence-corrected chi connectivity index (χ0v) is 13.3. The Kier molecular flexibility index (Phi) is 4.84. The van der Waals surface area contributed by atoms with E-state index in [2.05, 4.69) is 71.9 Å². The van der Waals surface area contributed by atoms with Gasteiger partial charge in [0.05, 0.1) is 0 Å². The fraction of sp³-hybridized carbons (Fsp3) is 0.333. The van der Waals surface area contributed by atoms with Gasteiger partial charge in [-0.05, 0) is 36.7 Å². The van der Waals surface area contributed by atoms with Crippen LogP contribution in [0.2, 0.25) is 0 Å². The molecule has 1 aliphatic heterocycles. The Balaban J connectivity index is 1.43. The van der Waals surface area contributed by atoms with Crippen LogP contribution in [0.15, 0.2) is 59.5 Å². The van der Waals surface area contributed by atoms with Gasteiger partial charge in [0.25, 0.3) is 0 Å². The molecular formula is C18H22N2S. The molecule has 0 aliphatic carbocycles. The van der Waals surface area contributed by atoms with Gasteiger partial charge in [0.1, 0.15) is 0 Å². The summed E-state index contributed by atoms with van der Waals surface area (Å²) in [5.74, 6) is 1.16.